The lowest BCUT2D eigenvalue weighted by atomic mass is 10.0. The van der Waals surface area contributed by atoms with Crippen molar-refractivity contribution in [3.8, 4) is 0 Å². The van der Waals surface area contributed by atoms with Crippen LogP contribution in [0.1, 0.15) is 32.1 Å². The van der Waals surface area contributed by atoms with E-state index in [1.54, 1.807) is 41.3 Å². The number of hydrogen-bond acceptors (Lipinski definition) is 5. The van der Waals surface area contributed by atoms with E-state index < -0.39 is 23.9 Å². The highest BCUT2D eigenvalue weighted by Gasteiger charge is 2.43. The molecule has 0 aromatic heterocycles. The average molecular weight is 531 g/mol. The van der Waals surface area contributed by atoms with E-state index in [0.29, 0.717) is 29.4 Å². The molecule has 0 aliphatic carbocycles. The minimum atomic E-state index is -1.13. The highest BCUT2D eigenvalue weighted by Crippen LogP contribution is 2.31. The topological polar surface area (TPSA) is 99.3 Å². The van der Waals surface area contributed by atoms with Gasteiger partial charge >= 0.3 is 12.0 Å². The number of methoxy groups -OCH3 is 1. The number of nitrogens with zero attached hydrogens (tertiary/aromatic N) is 3. The SMILES string of the molecule is COC(=O)CC1CC(C(=O)N(F)c2ccc(N3CCCCC3=O)cc2)N(C(=O)Nc2ccc(Cl)cc2)C1. The smallest absolute Gasteiger partial charge is 0.322 e. The van der Waals surface area contributed by atoms with Crippen LogP contribution in [0.2, 0.25) is 5.02 Å². The number of benzene rings is 2. The Morgan fingerprint density at radius 2 is 1.81 bits per heavy atom. The Hall–Kier alpha value is -3.66. The lowest BCUT2D eigenvalue weighted by Crippen LogP contribution is -2.47. The first-order valence-corrected chi connectivity index (χ1v) is 12.4. The van der Waals surface area contributed by atoms with Crippen molar-refractivity contribution >= 4 is 52.5 Å². The van der Waals surface area contributed by atoms with Gasteiger partial charge in [-0.2, -0.15) is 0 Å². The minimum absolute atomic E-state index is 0.00412. The third-order valence-electron chi connectivity index (χ3n) is 6.62. The second-order valence-electron chi connectivity index (χ2n) is 9.13. The van der Waals surface area contributed by atoms with E-state index in [0.717, 1.165) is 12.8 Å². The van der Waals surface area contributed by atoms with Crippen molar-refractivity contribution in [2.24, 2.45) is 5.92 Å². The van der Waals surface area contributed by atoms with Gasteiger partial charge in [-0.1, -0.05) is 16.1 Å². The second-order valence-corrected chi connectivity index (χ2v) is 9.56. The lowest BCUT2D eigenvalue weighted by molar-refractivity contribution is -0.141. The summed E-state index contributed by atoms with van der Waals surface area (Å²) in [6.07, 6.45) is 2.31. The number of esters is 1. The Morgan fingerprint density at radius 1 is 1.11 bits per heavy atom. The number of piperidine rings is 1. The van der Waals surface area contributed by atoms with Crippen molar-refractivity contribution in [2.45, 2.75) is 38.1 Å². The van der Waals surface area contributed by atoms with Crippen molar-refractivity contribution in [3.05, 3.63) is 53.6 Å². The number of anilines is 3. The van der Waals surface area contributed by atoms with Crippen LogP contribution in [-0.2, 0) is 19.1 Å². The predicted octanol–water partition coefficient (Wildman–Crippen LogP) is 4.56. The maximum Gasteiger partial charge on any atom is 0.322 e. The zero-order valence-corrected chi connectivity index (χ0v) is 21.1. The summed E-state index contributed by atoms with van der Waals surface area (Å²) in [7, 11) is 1.26. The van der Waals surface area contributed by atoms with Gasteiger partial charge in [0.15, 0.2) is 0 Å². The summed E-state index contributed by atoms with van der Waals surface area (Å²) in [5.74, 6) is -1.77. The fourth-order valence-electron chi connectivity index (χ4n) is 4.68. The van der Waals surface area contributed by atoms with Crippen molar-refractivity contribution in [3.63, 3.8) is 0 Å². The minimum Gasteiger partial charge on any atom is -0.469 e. The molecule has 2 unspecified atom stereocenters. The molecule has 0 radical (unpaired) electrons. The molecule has 2 aliphatic heterocycles. The van der Waals surface area contributed by atoms with Crippen LogP contribution >= 0.6 is 11.6 Å². The molecule has 4 amide bonds. The van der Waals surface area contributed by atoms with E-state index in [-0.39, 0.29) is 42.0 Å². The van der Waals surface area contributed by atoms with E-state index in [1.807, 2.05) is 0 Å². The summed E-state index contributed by atoms with van der Waals surface area (Å²) in [6.45, 7) is 0.673. The first kappa shape index (κ1) is 26.4. The fourth-order valence-corrected chi connectivity index (χ4v) is 4.80. The quantitative estimate of drug-likeness (QED) is 0.436. The number of hydrogen-bond donors (Lipinski definition) is 1. The monoisotopic (exact) mass is 530 g/mol. The first-order chi connectivity index (χ1) is 17.8. The summed E-state index contributed by atoms with van der Waals surface area (Å²) in [5, 5.41) is 3.20. The van der Waals surface area contributed by atoms with E-state index in [2.05, 4.69) is 5.32 Å². The Balaban J connectivity index is 1.50. The van der Waals surface area contributed by atoms with Gasteiger partial charge in [-0.15, -0.1) is 5.12 Å². The molecule has 2 atom stereocenters. The van der Waals surface area contributed by atoms with Gasteiger partial charge in [-0.05, 0) is 73.7 Å². The van der Waals surface area contributed by atoms with Gasteiger partial charge in [-0.25, -0.2) is 4.79 Å². The standard InChI is InChI=1S/C26H28ClFN4O5/c1-37-24(34)15-17-14-22(31(16-17)26(36)29-19-7-5-18(27)6-8-19)25(35)32(28)21-11-9-20(10-12-21)30-13-3-2-4-23(30)33/h5-12,17,22H,2-4,13-16H2,1H3,(H,29,36). The summed E-state index contributed by atoms with van der Waals surface area (Å²) in [5.41, 5.74) is 1.07. The van der Waals surface area contributed by atoms with E-state index in [1.165, 1.54) is 24.1 Å². The van der Waals surface area contributed by atoms with Crippen LogP contribution in [0.5, 0.6) is 0 Å². The van der Waals surface area contributed by atoms with Crippen LogP contribution in [-0.4, -0.2) is 55.0 Å². The third-order valence-corrected chi connectivity index (χ3v) is 6.87. The largest absolute Gasteiger partial charge is 0.469 e. The molecule has 4 rings (SSSR count). The Kier molecular flexibility index (Phi) is 8.27. The Bertz CT molecular complexity index is 1160. The number of nitrogens with one attached hydrogen (secondary N) is 1. The molecule has 2 heterocycles. The molecule has 0 spiro atoms. The second kappa shape index (κ2) is 11.6. The molecule has 2 aliphatic rings. The number of carbonyl (C=O) groups is 4. The van der Waals surface area contributed by atoms with Crippen molar-refractivity contribution in [2.75, 3.05) is 35.5 Å². The molecule has 0 saturated carbocycles. The van der Waals surface area contributed by atoms with Crippen molar-refractivity contribution in [1.82, 2.24) is 4.90 Å². The highest BCUT2D eigenvalue weighted by molar-refractivity contribution is 6.30. The molecule has 9 nitrogen and oxygen atoms in total. The molecule has 2 aromatic rings. The van der Waals surface area contributed by atoms with Gasteiger partial charge in [0.25, 0.3) is 5.91 Å². The van der Waals surface area contributed by atoms with Crippen LogP contribution < -0.4 is 15.3 Å². The molecular formula is C26H28ClFN4O5. The maximum atomic E-state index is 15.3. The van der Waals surface area contributed by atoms with Gasteiger partial charge < -0.3 is 19.9 Å². The van der Waals surface area contributed by atoms with Crippen LogP contribution in [0.25, 0.3) is 0 Å². The number of urea groups is 1. The number of carbonyl (C=O) groups excluding carboxylic acids is 4. The predicted molar refractivity (Wildman–Crippen MR) is 137 cm³/mol. The number of ether oxygens (including phenoxy) is 1. The number of likely N-dealkylation sites (tertiary alicyclic amines) is 1. The van der Waals surface area contributed by atoms with Crippen LogP contribution in [0.15, 0.2) is 48.5 Å². The summed E-state index contributed by atoms with van der Waals surface area (Å²) in [6, 6.07) is 10.7. The lowest BCUT2D eigenvalue weighted by Gasteiger charge is -2.28. The molecule has 11 heteroatoms. The molecule has 0 bridgehead atoms. The number of amides is 4. The molecular weight excluding hydrogens is 503 g/mol. The third kappa shape index (κ3) is 6.19. The molecule has 37 heavy (non-hydrogen) atoms. The van der Waals surface area contributed by atoms with Gasteiger partial charge in [0, 0.05) is 35.9 Å². The maximum absolute atomic E-state index is 15.3. The van der Waals surface area contributed by atoms with Gasteiger partial charge in [0.1, 0.15) is 6.04 Å². The average Bonchev–Trinajstić information content (AvgIpc) is 3.33. The van der Waals surface area contributed by atoms with E-state index in [9.17, 15) is 19.2 Å². The Labute approximate surface area is 219 Å². The Morgan fingerprint density at radius 3 is 2.46 bits per heavy atom. The molecule has 2 fully saturated rings. The summed E-state index contributed by atoms with van der Waals surface area (Å²) < 4.78 is 20.1. The molecule has 2 saturated heterocycles. The van der Waals surface area contributed by atoms with Crippen LogP contribution in [0, 0.1) is 5.92 Å². The highest BCUT2D eigenvalue weighted by atomic mass is 35.5. The normalized spacial score (nSPS) is 19.5. The molecule has 196 valence electrons. The van der Waals surface area contributed by atoms with Crippen LogP contribution in [0.3, 0.4) is 0 Å². The summed E-state index contributed by atoms with van der Waals surface area (Å²) in [4.78, 5) is 53.2. The van der Waals surface area contributed by atoms with E-state index in [4.69, 9.17) is 16.3 Å². The van der Waals surface area contributed by atoms with Crippen LogP contribution in [0.4, 0.5) is 26.3 Å². The van der Waals surface area contributed by atoms with Crippen molar-refractivity contribution in [1.29, 1.82) is 0 Å². The summed E-state index contributed by atoms with van der Waals surface area (Å²) >= 11 is 5.90. The molecule has 2 aromatic carbocycles. The fraction of sp³-hybridized carbons (Fsp3) is 0.385. The van der Waals surface area contributed by atoms with E-state index >= 15 is 4.48 Å². The number of halogens is 2. The zero-order chi connectivity index (χ0) is 26.5. The van der Waals surface area contributed by atoms with Gasteiger partial charge in [0.05, 0.1) is 19.2 Å². The first-order valence-electron chi connectivity index (χ1n) is 12.1. The van der Waals surface area contributed by atoms with Gasteiger partial charge in [-0.3, -0.25) is 14.4 Å². The van der Waals surface area contributed by atoms with Gasteiger partial charge in [0.2, 0.25) is 5.91 Å². The molecule has 1 N–H and O–H groups in total. The van der Waals surface area contributed by atoms with Crippen molar-refractivity contribution < 1.29 is 28.4 Å². The zero-order valence-electron chi connectivity index (χ0n) is 20.4. The number of rotatable bonds is 6.